The van der Waals surface area contributed by atoms with Crippen LogP contribution in [0.3, 0.4) is 0 Å². The Morgan fingerprint density at radius 2 is 0.982 bits per heavy atom. The zero-order chi connectivity index (χ0) is 38.9. The lowest BCUT2D eigenvalue weighted by molar-refractivity contribution is 0.479. The molecule has 6 nitrogen and oxygen atoms in total. The van der Waals surface area contributed by atoms with E-state index in [1.54, 1.807) is 0 Å². The highest BCUT2D eigenvalue weighted by atomic mass is 16.5. The number of aryl methyl sites for hydroxylation is 1. The quantitative estimate of drug-likeness (QED) is 0.248. The summed E-state index contributed by atoms with van der Waals surface area (Å²) in [5, 5.41) is 4.63. The molecule has 0 radical (unpaired) electrons. The smallest absolute Gasteiger partial charge is 0.238 e. The van der Waals surface area contributed by atoms with Crippen molar-refractivity contribution in [2.24, 2.45) is 0 Å². The third-order valence-corrected chi connectivity index (χ3v) is 12.0. The number of aromatic nitrogens is 5. The average Bonchev–Trinajstić information content (AvgIpc) is 3.77. The van der Waals surface area contributed by atoms with Crippen LogP contribution >= 0.6 is 0 Å². The van der Waals surface area contributed by atoms with Gasteiger partial charge in [0.15, 0.2) is 11.6 Å². The third-order valence-electron chi connectivity index (χ3n) is 12.0. The van der Waals surface area contributed by atoms with Crippen LogP contribution in [0.4, 0.5) is 0 Å². The topological polar surface area (TPSA) is 57.8 Å². The van der Waals surface area contributed by atoms with Crippen LogP contribution in [0.1, 0.15) is 5.56 Å². The maximum atomic E-state index is 6.29. The van der Waals surface area contributed by atoms with Crippen molar-refractivity contribution in [2.75, 3.05) is 0 Å². The minimum Gasteiger partial charge on any atom is -0.457 e. The molecule has 3 aromatic heterocycles. The first-order valence-electron chi connectivity index (χ1n) is 19.5. The van der Waals surface area contributed by atoms with Crippen molar-refractivity contribution in [1.29, 1.82) is 0 Å². The van der Waals surface area contributed by atoms with E-state index in [-0.39, 0.29) is 0 Å². The fourth-order valence-electron chi connectivity index (χ4n) is 8.56. The van der Waals surface area contributed by atoms with Crippen LogP contribution in [0, 0.1) is 6.92 Å². The molecule has 3 heterocycles. The molecule has 10 aromatic rings. The highest BCUT2D eigenvalue weighted by Gasteiger charge is 2.24. The van der Waals surface area contributed by atoms with E-state index in [2.05, 4.69) is 152 Å². The molecule has 0 bridgehead atoms. The molecule has 0 aliphatic heterocycles. The number of benzene rings is 7. The number of ether oxygens (including phenoxy) is 1. The largest absolute Gasteiger partial charge is 0.457 e. The van der Waals surface area contributed by atoms with Gasteiger partial charge in [-0.05, 0) is 67.1 Å². The molecule has 0 saturated carbocycles. The predicted molar refractivity (Wildman–Crippen MR) is 252 cm³/mol. The van der Waals surface area contributed by atoms with Gasteiger partial charge in [0.05, 0.1) is 22.1 Å². The molecule has 7 aromatic carbocycles. The molecule has 0 unspecified atom stereocenters. The van der Waals surface area contributed by atoms with E-state index >= 15 is 0 Å². The van der Waals surface area contributed by atoms with Crippen LogP contribution in [0.15, 0.2) is 140 Å². The molecule has 266 valence electrons. The Morgan fingerprint density at radius 1 is 0.456 bits per heavy atom. The molecule has 0 atom stereocenters. The lowest BCUT2D eigenvalue weighted by Crippen LogP contribution is -2.55. The summed E-state index contributed by atoms with van der Waals surface area (Å²) in [6.07, 6.45) is 0. The number of nitrogens with zero attached hydrogens (tertiary/aromatic N) is 5. The highest BCUT2D eigenvalue weighted by Crippen LogP contribution is 2.41. The maximum absolute atomic E-state index is 6.29. The minimum atomic E-state index is 0.563. The average molecular weight is 729 g/mol. The summed E-state index contributed by atoms with van der Waals surface area (Å²) in [6, 6.07) is 48.5. The second kappa shape index (κ2) is 13.5. The van der Waals surface area contributed by atoms with Gasteiger partial charge >= 0.3 is 0 Å². The molecule has 0 amide bonds. The van der Waals surface area contributed by atoms with Crippen LogP contribution in [0.25, 0.3) is 78.0 Å². The molecule has 0 saturated heterocycles. The highest BCUT2D eigenvalue weighted by molar-refractivity contribution is 6.68. The lowest BCUT2D eigenvalue weighted by Gasteiger charge is -2.20. The number of fused-ring (bicyclic) bond motifs is 7. The van der Waals surface area contributed by atoms with E-state index in [9.17, 15) is 0 Å². The molecule has 11 heteroatoms. The molecule has 0 spiro atoms. The van der Waals surface area contributed by atoms with Gasteiger partial charge < -0.3 is 9.30 Å². The van der Waals surface area contributed by atoms with Gasteiger partial charge in [0, 0.05) is 38.4 Å². The van der Waals surface area contributed by atoms with Crippen molar-refractivity contribution in [1.82, 2.24) is 24.1 Å². The van der Waals surface area contributed by atoms with Gasteiger partial charge in [-0.3, -0.25) is 4.57 Å². The van der Waals surface area contributed by atoms with Crippen molar-refractivity contribution < 1.29 is 4.74 Å². The van der Waals surface area contributed by atoms with Gasteiger partial charge in [0.2, 0.25) is 5.95 Å². The molecule has 10 rings (SSSR count). The number of hydrogen-bond acceptors (Lipinski definition) is 4. The number of rotatable bonds is 6. The van der Waals surface area contributed by atoms with Crippen LogP contribution in [-0.4, -0.2) is 63.3 Å². The van der Waals surface area contributed by atoms with Gasteiger partial charge in [0.1, 0.15) is 50.7 Å². The van der Waals surface area contributed by atoms with E-state index in [4.69, 9.17) is 19.7 Å². The van der Waals surface area contributed by atoms with E-state index in [1.807, 2.05) is 42.5 Å². The lowest BCUT2D eigenvalue weighted by atomic mass is 9.60. The van der Waals surface area contributed by atoms with Gasteiger partial charge in [-0.1, -0.05) is 95.9 Å². The standard InChI is InChI=1S/C46H36B5N5O/c1-25-11-5-10-18-35(25)57-28-21-19-26(20-22-28)44-52-45(36-37(47)39(49)41(51)40(50)38(36)48)54-46(53-44)56-34-17-9-7-15-30(34)32-24-23-31-29-14-6-8-16-33(29)55(42(31)43(32)56)27-12-3-2-4-13-27/h2-24H,47-51H2,1H3. The second-order valence-electron chi connectivity index (χ2n) is 15.1. The predicted octanol–water partition coefficient (Wildman–Crippen LogP) is 2.79. The first-order valence-corrected chi connectivity index (χ1v) is 19.5. The van der Waals surface area contributed by atoms with Crippen molar-refractivity contribution >= 4 is 110 Å². The van der Waals surface area contributed by atoms with Crippen LogP contribution < -0.4 is 32.1 Å². The van der Waals surface area contributed by atoms with Crippen molar-refractivity contribution in [3.63, 3.8) is 0 Å². The summed E-state index contributed by atoms with van der Waals surface area (Å²) < 4.78 is 10.9. The number of hydrogen-bond donors (Lipinski definition) is 0. The Hall–Kier alpha value is -6.73. The van der Waals surface area contributed by atoms with E-state index in [1.165, 1.54) is 38.1 Å². The summed E-state index contributed by atoms with van der Waals surface area (Å²) in [5.41, 5.74) is 14.6. The summed E-state index contributed by atoms with van der Waals surface area (Å²) in [4.78, 5) is 16.1. The zero-order valence-corrected chi connectivity index (χ0v) is 32.9. The zero-order valence-electron chi connectivity index (χ0n) is 32.9. The molecular formula is C46H36B5N5O. The fourth-order valence-corrected chi connectivity index (χ4v) is 8.56. The van der Waals surface area contributed by atoms with Crippen molar-refractivity contribution in [2.45, 2.75) is 6.92 Å². The summed E-state index contributed by atoms with van der Waals surface area (Å²) in [6.45, 7) is 2.05. The Balaban J connectivity index is 1.29. The van der Waals surface area contributed by atoms with E-state index in [0.717, 1.165) is 66.7 Å². The Labute approximate surface area is 335 Å². The molecular weight excluding hydrogens is 693 g/mol. The molecule has 0 N–H and O–H groups in total. The van der Waals surface area contributed by atoms with Gasteiger partial charge in [-0.15, -0.1) is 16.4 Å². The molecule has 0 fully saturated rings. The normalized spacial score (nSPS) is 11.6. The third kappa shape index (κ3) is 5.52. The van der Waals surface area contributed by atoms with Crippen LogP contribution in [0.2, 0.25) is 0 Å². The van der Waals surface area contributed by atoms with E-state index < -0.39 is 0 Å². The summed E-state index contributed by atoms with van der Waals surface area (Å²) in [7, 11) is 11.0. The second-order valence-corrected chi connectivity index (χ2v) is 15.1. The SMILES string of the molecule is Bc1c(B)c(B)c(-c2nc(-c3ccc(Oc4ccccc4C)cc3)nc(-n3c4ccccc4c4ccc5c6ccccc6n(-c6ccccc6)c5c43)n2)c(B)c1B. The Morgan fingerprint density at radius 3 is 1.63 bits per heavy atom. The van der Waals surface area contributed by atoms with Crippen molar-refractivity contribution in [3.8, 4) is 45.9 Å². The fraction of sp³-hybridized carbons (Fsp3) is 0.0217. The Kier molecular flexibility index (Phi) is 8.22. The first-order chi connectivity index (χ1) is 27.8. The molecule has 57 heavy (non-hydrogen) atoms. The monoisotopic (exact) mass is 729 g/mol. The number of para-hydroxylation sites is 4. The van der Waals surface area contributed by atoms with Gasteiger partial charge in [0.25, 0.3) is 0 Å². The molecule has 0 aliphatic rings. The van der Waals surface area contributed by atoms with E-state index in [0.29, 0.717) is 17.6 Å². The first kappa shape index (κ1) is 34.7. The van der Waals surface area contributed by atoms with Gasteiger partial charge in [-0.2, -0.15) is 9.97 Å². The minimum absolute atomic E-state index is 0.563. The summed E-state index contributed by atoms with van der Waals surface area (Å²) in [5.74, 6) is 3.38. The Bertz CT molecular complexity index is 3200. The van der Waals surface area contributed by atoms with Crippen LogP contribution in [0.5, 0.6) is 11.5 Å². The van der Waals surface area contributed by atoms with Crippen molar-refractivity contribution in [3.05, 3.63) is 145 Å². The van der Waals surface area contributed by atoms with Crippen LogP contribution in [-0.2, 0) is 0 Å². The maximum Gasteiger partial charge on any atom is 0.238 e. The van der Waals surface area contributed by atoms with Gasteiger partial charge in [-0.25, -0.2) is 4.98 Å². The summed E-state index contributed by atoms with van der Waals surface area (Å²) >= 11 is 0. The molecule has 0 aliphatic carbocycles.